The minimum atomic E-state index is -1.26. The summed E-state index contributed by atoms with van der Waals surface area (Å²) in [6, 6.07) is 10.7. The van der Waals surface area contributed by atoms with Gasteiger partial charge in [-0.2, -0.15) is 0 Å². The van der Waals surface area contributed by atoms with E-state index in [4.69, 9.17) is 0 Å². The van der Waals surface area contributed by atoms with Gasteiger partial charge in [0.25, 0.3) is 0 Å². The smallest absolute Gasteiger partial charge is 0.340 e. The van der Waals surface area contributed by atoms with Crippen molar-refractivity contribution in [3.05, 3.63) is 70.3 Å². The van der Waals surface area contributed by atoms with Gasteiger partial charge >= 0.3 is 11.9 Å². The van der Waals surface area contributed by atoms with E-state index in [0.29, 0.717) is 11.2 Å². The molecule has 148 valence electrons. The number of carbonyl (C=O) groups is 2. The second-order valence-electron chi connectivity index (χ2n) is 7.15. The third-order valence-corrected chi connectivity index (χ3v) is 5.05. The summed E-state index contributed by atoms with van der Waals surface area (Å²) < 4.78 is 0. The third-order valence-electron chi connectivity index (χ3n) is 5.05. The second kappa shape index (κ2) is 6.70. The number of rotatable bonds is 2. The van der Waals surface area contributed by atoms with Gasteiger partial charge in [0.2, 0.25) is 0 Å². The van der Waals surface area contributed by atoms with Crippen LogP contribution in [0.3, 0.4) is 0 Å². The van der Waals surface area contributed by atoms with Crippen molar-refractivity contribution < 1.29 is 19.8 Å². The van der Waals surface area contributed by atoms with Crippen LogP contribution in [0.1, 0.15) is 43.5 Å². The van der Waals surface area contributed by atoms with Crippen LogP contribution in [-0.2, 0) is 12.8 Å². The van der Waals surface area contributed by atoms with E-state index in [2.05, 4.69) is 19.9 Å². The number of carboxylic acid groups (broad SMARTS) is 2. The van der Waals surface area contributed by atoms with Crippen LogP contribution in [0.15, 0.2) is 36.4 Å². The molecule has 0 fully saturated rings. The van der Waals surface area contributed by atoms with Crippen LogP contribution in [0, 0.1) is 0 Å². The summed E-state index contributed by atoms with van der Waals surface area (Å²) >= 11 is 0. The Morgan fingerprint density at radius 2 is 1.53 bits per heavy atom. The predicted molar refractivity (Wildman–Crippen MR) is 111 cm³/mol. The molecule has 0 atom stereocenters. The molecule has 0 aromatic carbocycles. The largest absolute Gasteiger partial charge is 0.478 e. The predicted octanol–water partition coefficient (Wildman–Crippen LogP) is 3.67. The van der Waals surface area contributed by atoms with Gasteiger partial charge in [0.15, 0.2) is 0 Å². The van der Waals surface area contributed by atoms with Crippen molar-refractivity contribution in [3.8, 4) is 0 Å². The Bertz CT molecular complexity index is 1410. The van der Waals surface area contributed by atoms with Crippen LogP contribution < -0.4 is 0 Å². The maximum Gasteiger partial charge on any atom is 0.340 e. The lowest BCUT2D eigenvalue weighted by Gasteiger charge is -1.98. The number of aromatic amines is 2. The Kier molecular flexibility index (Phi) is 3.99. The van der Waals surface area contributed by atoms with Gasteiger partial charge in [-0.25, -0.2) is 14.6 Å². The van der Waals surface area contributed by atoms with Gasteiger partial charge in [-0.1, -0.05) is 0 Å². The van der Waals surface area contributed by atoms with Gasteiger partial charge in [0, 0.05) is 27.9 Å². The van der Waals surface area contributed by atoms with Crippen molar-refractivity contribution in [1.82, 2.24) is 19.9 Å². The normalized spacial score (nSPS) is 12.8. The number of aryl methyl sites for hydroxylation is 2. The highest BCUT2D eigenvalue weighted by Crippen LogP contribution is 2.24. The number of carboxylic acids is 2. The fourth-order valence-corrected chi connectivity index (χ4v) is 3.74. The van der Waals surface area contributed by atoms with E-state index in [0.717, 1.165) is 35.3 Å². The highest BCUT2D eigenvalue weighted by molar-refractivity contribution is 6.08. The maximum atomic E-state index is 12.1. The first kappa shape index (κ1) is 17.9. The van der Waals surface area contributed by atoms with E-state index in [1.165, 1.54) is 6.07 Å². The fourth-order valence-electron chi connectivity index (χ4n) is 3.74. The van der Waals surface area contributed by atoms with Crippen molar-refractivity contribution in [3.63, 3.8) is 0 Å². The Morgan fingerprint density at radius 1 is 0.800 bits per heavy atom. The molecule has 3 aromatic rings. The van der Waals surface area contributed by atoms with Gasteiger partial charge in [-0.3, -0.25) is 4.98 Å². The molecule has 3 aromatic heterocycles. The molecule has 0 saturated carbocycles. The standard InChI is InChI=1S/C22H16N4O4/c27-21(28)17-10-16-9-14-4-3-12(24-14)7-11-1-2-13(23-11)8-15-5-6-18(25-15)19(22(29)30)20(17)26-16/h3-10,24,26H,1-2H2,(H,27,28)(H,29,30). The zero-order valence-electron chi connectivity index (χ0n) is 15.6. The topological polar surface area (TPSA) is 132 Å². The lowest BCUT2D eigenvalue weighted by atomic mass is 10.1. The van der Waals surface area contributed by atoms with Crippen LogP contribution in [0.2, 0.25) is 0 Å². The summed E-state index contributed by atoms with van der Waals surface area (Å²) in [5.41, 5.74) is 4.35. The van der Waals surface area contributed by atoms with Crippen LogP contribution in [0.4, 0.5) is 0 Å². The Labute approximate surface area is 169 Å². The van der Waals surface area contributed by atoms with E-state index in [1.54, 1.807) is 18.2 Å². The highest BCUT2D eigenvalue weighted by Gasteiger charge is 2.20. The first-order chi connectivity index (χ1) is 14.5. The molecular formula is C22H16N4O4. The van der Waals surface area contributed by atoms with Crippen LogP contribution in [-0.4, -0.2) is 42.1 Å². The molecule has 8 heteroatoms. The molecule has 0 saturated heterocycles. The summed E-state index contributed by atoms with van der Waals surface area (Å²) in [4.78, 5) is 39.1. The van der Waals surface area contributed by atoms with Crippen molar-refractivity contribution in [2.24, 2.45) is 0 Å². The van der Waals surface area contributed by atoms with Gasteiger partial charge in [0.05, 0.1) is 22.5 Å². The Morgan fingerprint density at radius 3 is 2.27 bits per heavy atom. The molecule has 30 heavy (non-hydrogen) atoms. The summed E-state index contributed by atoms with van der Waals surface area (Å²) in [7, 11) is 0. The minimum absolute atomic E-state index is 0.00478. The monoisotopic (exact) mass is 400 g/mol. The Hall–Kier alpha value is -4.20. The summed E-state index contributed by atoms with van der Waals surface area (Å²) in [6.07, 6.45) is 4.86. The van der Waals surface area contributed by atoms with E-state index < -0.39 is 11.9 Å². The van der Waals surface area contributed by atoms with Crippen LogP contribution in [0.5, 0.6) is 0 Å². The van der Waals surface area contributed by atoms with Gasteiger partial charge in [0.1, 0.15) is 5.56 Å². The zero-order valence-corrected chi connectivity index (χ0v) is 15.6. The number of hydrogen-bond donors (Lipinski definition) is 4. The molecular weight excluding hydrogens is 384 g/mol. The zero-order chi connectivity index (χ0) is 20.8. The van der Waals surface area contributed by atoms with Crippen LogP contribution in [0.25, 0.3) is 34.2 Å². The molecule has 0 spiro atoms. The molecule has 5 rings (SSSR count). The van der Waals surface area contributed by atoms with E-state index >= 15 is 0 Å². The summed E-state index contributed by atoms with van der Waals surface area (Å²) in [5, 5.41) is 19.5. The number of H-pyrrole nitrogens is 2. The van der Waals surface area contributed by atoms with E-state index in [-0.39, 0.29) is 22.3 Å². The highest BCUT2D eigenvalue weighted by atomic mass is 16.4. The molecule has 0 radical (unpaired) electrons. The van der Waals surface area contributed by atoms with Gasteiger partial charge < -0.3 is 20.2 Å². The molecule has 8 nitrogen and oxygen atoms in total. The number of fused-ring (bicyclic) bond motifs is 8. The van der Waals surface area contributed by atoms with Crippen LogP contribution >= 0.6 is 0 Å². The molecule has 2 aliphatic rings. The minimum Gasteiger partial charge on any atom is -0.478 e. The molecule has 2 aliphatic heterocycles. The summed E-state index contributed by atoms with van der Waals surface area (Å²) in [6.45, 7) is 0. The number of hydrogen-bond acceptors (Lipinski definition) is 4. The number of nitrogens with zero attached hydrogens (tertiary/aromatic N) is 2. The maximum absolute atomic E-state index is 12.1. The molecule has 0 unspecified atom stereocenters. The molecule has 4 N–H and O–H groups in total. The SMILES string of the molecule is O=C(O)c1cc2cc3ccc(cc4nc(cc5nc(c(C(=O)O)c1[nH]2)C=C5)CC4)[nH]3. The average Bonchev–Trinajstić information content (AvgIpc) is 3.45. The molecule has 5 heterocycles. The lowest BCUT2D eigenvalue weighted by molar-refractivity contribution is 0.0695. The average molecular weight is 400 g/mol. The van der Waals surface area contributed by atoms with E-state index in [9.17, 15) is 19.8 Å². The second-order valence-corrected chi connectivity index (χ2v) is 7.15. The molecule has 8 bridgehead atoms. The first-order valence-corrected chi connectivity index (χ1v) is 9.34. The van der Waals surface area contributed by atoms with Gasteiger partial charge in [-0.05, 0) is 61.4 Å². The number of aromatic nitrogens is 4. The van der Waals surface area contributed by atoms with Crippen molar-refractivity contribution in [1.29, 1.82) is 0 Å². The molecule has 0 aliphatic carbocycles. The third kappa shape index (κ3) is 3.14. The quantitative estimate of drug-likeness (QED) is 0.406. The molecule has 0 amide bonds. The van der Waals surface area contributed by atoms with Crippen molar-refractivity contribution in [2.75, 3.05) is 0 Å². The van der Waals surface area contributed by atoms with E-state index in [1.807, 2.05) is 24.3 Å². The Balaban J connectivity index is 1.95. The lowest BCUT2D eigenvalue weighted by Crippen LogP contribution is -2.04. The van der Waals surface area contributed by atoms with Gasteiger partial charge in [-0.15, -0.1) is 0 Å². The van der Waals surface area contributed by atoms with Crippen molar-refractivity contribution >= 4 is 46.2 Å². The number of nitrogens with one attached hydrogen (secondary N) is 2. The number of aromatic carboxylic acids is 2. The first-order valence-electron chi connectivity index (χ1n) is 9.34. The summed E-state index contributed by atoms with van der Waals surface area (Å²) in [5.74, 6) is -2.48. The van der Waals surface area contributed by atoms with Crippen molar-refractivity contribution in [2.45, 2.75) is 12.8 Å². The fraction of sp³-hybridized carbons (Fsp3) is 0.0909.